The van der Waals surface area contributed by atoms with Crippen LogP contribution in [-0.2, 0) is 0 Å². The van der Waals surface area contributed by atoms with Gasteiger partial charge < -0.3 is 14.8 Å². The maximum atomic E-state index is 13.9. The van der Waals surface area contributed by atoms with E-state index < -0.39 is 0 Å². The second-order valence-corrected chi connectivity index (χ2v) is 7.67. The summed E-state index contributed by atoms with van der Waals surface area (Å²) in [5.41, 5.74) is 4.07. The SMILES string of the molecule is COc1cc2c(cc1OC)C=C(C)N(C(=O)N(C)c1ccc(Nc3ccccc3F)cc1)N=C2. The Balaban J connectivity index is 1.53. The van der Waals surface area contributed by atoms with Crippen LogP contribution in [0.3, 0.4) is 0 Å². The fourth-order valence-electron chi connectivity index (χ4n) is 3.58. The third-order valence-electron chi connectivity index (χ3n) is 5.48. The van der Waals surface area contributed by atoms with Gasteiger partial charge in [-0.2, -0.15) is 10.1 Å². The van der Waals surface area contributed by atoms with Crippen molar-refractivity contribution in [1.29, 1.82) is 0 Å². The van der Waals surface area contributed by atoms with Gasteiger partial charge in [0.2, 0.25) is 0 Å². The zero-order valence-electron chi connectivity index (χ0n) is 19.4. The van der Waals surface area contributed by atoms with Crippen molar-refractivity contribution in [3.63, 3.8) is 0 Å². The summed E-state index contributed by atoms with van der Waals surface area (Å²) in [6.07, 6.45) is 3.49. The lowest BCUT2D eigenvalue weighted by Crippen LogP contribution is -2.37. The van der Waals surface area contributed by atoms with Crippen LogP contribution >= 0.6 is 0 Å². The number of hydrogen-bond donors (Lipinski definition) is 1. The highest BCUT2D eigenvalue weighted by Crippen LogP contribution is 2.33. The molecule has 3 aromatic carbocycles. The van der Waals surface area contributed by atoms with Gasteiger partial charge in [0.05, 0.1) is 26.1 Å². The van der Waals surface area contributed by atoms with Gasteiger partial charge in [-0.25, -0.2) is 9.18 Å². The molecule has 0 unspecified atom stereocenters. The molecule has 0 aromatic heterocycles. The highest BCUT2D eigenvalue weighted by atomic mass is 19.1. The second-order valence-electron chi connectivity index (χ2n) is 7.67. The summed E-state index contributed by atoms with van der Waals surface area (Å²) in [6.45, 7) is 1.82. The zero-order chi connectivity index (χ0) is 24.2. The van der Waals surface area contributed by atoms with Gasteiger partial charge in [-0.3, -0.25) is 4.90 Å². The Hall–Kier alpha value is -4.33. The number of hydrogen-bond acceptors (Lipinski definition) is 5. The number of amides is 2. The lowest BCUT2D eigenvalue weighted by atomic mass is 10.1. The molecule has 1 aliphatic heterocycles. The number of benzene rings is 3. The van der Waals surface area contributed by atoms with Crippen molar-refractivity contribution >= 4 is 35.4 Å². The third kappa shape index (κ3) is 4.56. The van der Waals surface area contributed by atoms with Gasteiger partial charge in [0.1, 0.15) is 5.82 Å². The summed E-state index contributed by atoms with van der Waals surface area (Å²) < 4.78 is 24.7. The minimum atomic E-state index is -0.337. The standard InChI is InChI=1S/C26H25FN4O3/c1-17-13-18-14-24(33-3)25(34-4)15-19(18)16-28-31(17)26(32)30(2)21-11-9-20(10-12-21)29-23-8-6-5-7-22(23)27/h5-16,29H,1-4H3. The molecule has 1 aliphatic rings. The summed E-state index contributed by atoms with van der Waals surface area (Å²) >= 11 is 0. The predicted molar refractivity (Wildman–Crippen MR) is 133 cm³/mol. The normalized spacial score (nSPS) is 12.4. The Morgan fingerprint density at radius 2 is 1.65 bits per heavy atom. The Labute approximate surface area is 197 Å². The van der Waals surface area contributed by atoms with Crippen LogP contribution in [-0.4, -0.2) is 38.5 Å². The molecular weight excluding hydrogens is 435 g/mol. The van der Waals surface area contributed by atoms with E-state index in [0.717, 1.165) is 11.1 Å². The van der Waals surface area contributed by atoms with E-state index in [-0.39, 0.29) is 11.8 Å². The fourth-order valence-corrected chi connectivity index (χ4v) is 3.58. The highest BCUT2D eigenvalue weighted by molar-refractivity contribution is 5.96. The molecule has 0 saturated heterocycles. The summed E-state index contributed by atoms with van der Waals surface area (Å²) in [7, 11) is 4.82. The van der Waals surface area contributed by atoms with Crippen LogP contribution in [0, 0.1) is 5.82 Å². The molecule has 4 rings (SSSR count). The van der Waals surface area contributed by atoms with Crippen LogP contribution in [0.1, 0.15) is 18.1 Å². The van der Waals surface area contributed by atoms with Crippen molar-refractivity contribution in [2.75, 3.05) is 31.5 Å². The lowest BCUT2D eigenvalue weighted by Gasteiger charge is -2.24. The molecule has 174 valence electrons. The number of halogens is 1. The molecule has 1 heterocycles. The second kappa shape index (κ2) is 9.66. The number of nitrogens with zero attached hydrogens (tertiary/aromatic N) is 3. The molecule has 8 heteroatoms. The van der Waals surface area contributed by atoms with E-state index in [4.69, 9.17) is 9.47 Å². The van der Waals surface area contributed by atoms with Crippen LogP contribution in [0.2, 0.25) is 0 Å². The third-order valence-corrected chi connectivity index (χ3v) is 5.48. The average molecular weight is 461 g/mol. The fraction of sp³-hybridized carbons (Fsp3) is 0.154. The molecular formula is C26H25FN4O3. The number of nitrogens with one attached hydrogen (secondary N) is 1. The van der Waals surface area contributed by atoms with Crippen molar-refractivity contribution < 1.29 is 18.7 Å². The summed E-state index contributed by atoms with van der Waals surface area (Å²) in [4.78, 5) is 14.8. The van der Waals surface area contributed by atoms with Crippen LogP contribution in [0.25, 0.3) is 6.08 Å². The number of allylic oxidation sites excluding steroid dienone is 1. The van der Waals surface area contributed by atoms with E-state index in [1.165, 1.54) is 16.0 Å². The van der Waals surface area contributed by atoms with Gasteiger partial charge in [0.25, 0.3) is 0 Å². The Bertz CT molecular complexity index is 1270. The molecule has 7 nitrogen and oxygen atoms in total. The summed E-state index contributed by atoms with van der Waals surface area (Å²) in [5.74, 6) is 0.843. The Morgan fingerprint density at radius 3 is 2.29 bits per heavy atom. The highest BCUT2D eigenvalue weighted by Gasteiger charge is 2.23. The molecule has 0 bridgehead atoms. The van der Waals surface area contributed by atoms with Crippen molar-refractivity contribution in [3.05, 3.63) is 83.3 Å². The number of ether oxygens (including phenoxy) is 2. The molecule has 0 atom stereocenters. The van der Waals surface area contributed by atoms with Crippen LogP contribution in [0.4, 0.5) is 26.2 Å². The summed E-state index contributed by atoms with van der Waals surface area (Å²) in [5, 5.41) is 8.78. The number of para-hydroxylation sites is 1. The van der Waals surface area contributed by atoms with E-state index >= 15 is 0 Å². The minimum absolute atomic E-state index is 0.327. The van der Waals surface area contributed by atoms with E-state index in [1.54, 1.807) is 69.9 Å². The van der Waals surface area contributed by atoms with E-state index in [0.29, 0.717) is 34.3 Å². The zero-order valence-corrected chi connectivity index (χ0v) is 19.4. The average Bonchev–Trinajstić information content (AvgIpc) is 3.01. The van der Waals surface area contributed by atoms with Gasteiger partial charge in [-0.05, 0) is 67.1 Å². The van der Waals surface area contributed by atoms with Crippen molar-refractivity contribution in [3.8, 4) is 11.5 Å². The topological polar surface area (TPSA) is 66.4 Å². The van der Waals surface area contributed by atoms with E-state index in [2.05, 4.69) is 10.4 Å². The maximum absolute atomic E-state index is 13.9. The molecule has 1 N–H and O–H groups in total. The van der Waals surface area contributed by atoms with Crippen molar-refractivity contribution in [1.82, 2.24) is 5.01 Å². The number of methoxy groups -OCH3 is 2. The molecule has 3 aromatic rings. The number of carbonyl (C=O) groups is 1. The number of hydrazone groups is 1. The smallest absolute Gasteiger partial charge is 0.349 e. The van der Waals surface area contributed by atoms with Crippen LogP contribution < -0.4 is 19.7 Å². The van der Waals surface area contributed by atoms with E-state index in [9.17, 15) is 9.18 Å². The number of urea groups is 1. The van der Waals surface area contributed by atoms with Gasteiger partial charge in [-0.15, -0.1) is 0 Å². The number of rotatable bonds is 5. The molecule has 0 saturated carbocycles. The number of anilines is 3. The molecule has 0 fully saturated rings. The first-order valence-corrected chi connectivity index (χ1v) is 10.6. The largest absolute Gasteiger partial charge is 0.493 e. The van der Waals surface area contributed by atoms with Gasteiger partial charge >= 0.3 is 6.03 Å². The van der Waals surface area contributed by atoms with Crippen LogP contribution in [0.15, 0.2) is 71.5 Å². The Kier molecular flexibility index (Phi) is 6.49. The molecule has 34 heavy (non-hydrogen) atoms. The monoisotopic (exact) mass is 460 g/mol. The summed E-state index contributed by atoms with van der Waals surface area (Å²) in [6, 6.07) is 16.9. The van der Waals surface area contributed by atoms with Crippen LogP contribution in [0.5, 0.6) is 11.5 Å². The van der Waals surface area contributed by atoms with Crippen molar-refractivity contribution in [2.24, 2.45) is 5.10 Å². The predicted octanol–water partition coefficient (Wildman–Crippen LogP) is 5.85. The first kappa shape index (κ1) is 22.8. The van der Waals surface area contributed by atoms with Gasteiger partial charge in [-0.1, -0.05) is 12.1 Å². The lowest BCUT2D eigenvalue weighted by molar-refractivity contribution is 0.221. The molecule has 0 spiro atoms. The van der Waals surface area contributed by atoms with Gasteiger partial charge in [0.15, 0.2) is 11.5 Å². The first-order chi connectivity index (χ1) is 16.4. The number of carbonyl (C=O) groups excluding carboxylic acids is 1. The van der Waals surface area contributed by atoms with Gasteiger partial charge in [0, 0.05) is 29.7 Å². The number of fused-ring (bicyclic) bond motifs is 1. The Morgan fingerprint density at radius 1 is 1.00 bits per heavy atom. The maximum Gasteiger partial charge on any atom is 0.349 e. The molecule has 0 aliphatic carbocycles. The molecule has 2 amide bonds. The molecule has 0 radical (unpaired) electrons. The minimum Gasteiger partial charge on any atom is -0.493 e. The van der Waals surface area contributed by atoms with E-state index in [1.807, 2.05) is 25.1 Å². The first-order valence-electron chi connectivity index (χ1n) is 10.6. The van der Waals surface area contributed by atoms with Crippen molar-refractivity contribution in [2.45, 2.75) is 6.92 Å². The quantitative estimate of drug-likeness (QED) is 0.518.